The Morgan fingerprint density at radius 2 is 2.20 bits per heavy atom. The van der Waals surface area contributed by atoms with E-state index in [1.54, 1.807) is 6.20 Å². The predicted molar refractivity (Wildman–Crippen MR) is 75.7 cm³/mol. The highest BCUT2D eigenvalue weighted by atomic mass is 16.5. The van der Waals surface area contributed by atoms with E-state index < -0.39 is 0 Å². The topological polar surface area (TPSA) is 58.9 Å². The average Bonchev–Trinajstić information content (AvgIpc) is 2.97. The highest BCUT2D eigenvalue weighted by Crippen LogP contribution is 2.11. The fraction of sp³-hybridized carbons (Fsp3) is 0.429. The number of amides is 1. The number of nitrogens with one attached hydrogen (secondary N) is 1. The van der Waals surface area contributed by atoms with Gasteiger partial charge in [0.2, 0.25) is 5.91 Å². The van der Waals surface area contributed by atoms with Crippen molar-refractivity contribution in [3.8, 4) is 0 Å². The largest absolute Gasteiger partial charge is 0.378 e. The van der Waals surface area contributed by atoms with Gasteiger partial charge in [-0.15, -0.1) is 0 Å². The number of nitrogens with zero attached hydrogens (tertiary/aromatic N) is 3. The minimum Gasteiger partial charge on any atom is -0.378 e. The van der Waals surface area contributed by atoms with Crippen molar-refractivity contribution in [2.24, 2.45) is 0 Å². The molecular formula is C14H18N4O2. The molecule has 20 heavy (non-hydrogen) atoms. The quantitative estimate of drug-likeness (QED) is 0.903. The summed E-state index contributed by atoms with van der Waals surface area (Å²) >= 11 is 0. The van der Waals surface area contributed by atoms with Crippen molar-refractivity contribution in [3.05, 3.63) is 30.6 Å². The van der Waals surface area contributed by atoms with Gasteiger partial charge in [0.25, 0.3) is 0 Å². The molecule has 6 nitrogen and oxygen atoms in total. The van der Waals surface area contributed by atoms with Crippen LogP contribution in [0.1, 0.15) is 6.42 Å². The molecule has 0 spiro atoms. The molecule has 0 saturated carbocycles. The summed E-state index contributed by atoms with van der Waals surface area (Å²) in [6.07, 6.45) is 4.16. The van der Waals surface area contributed by atoms with E-state index >= 15 is 0 Å². The zero-order valence-electron chi connectivity index (χ0n) is 11.3. The van der Waals surface area contributed by atoms with Crippen molar-refractivity contribution in [2.45, 2.75) is 6.42 Å². The summed E-state index contributed by atoms with van der Waals surface area (Å²) < 4.78 is 7.21. The third-order valence-corrected chi connectivity index (χ3v) is 3.44. The molecule has 3 rings (SSSR count). The van der Waals surface area contributed by atoms with Gasteiger partial charge in [0.05, 0.1) is 13.2 Å². The summed E-state index contributed by atoms with van der Waals surface area (Å²) in [6.45, 7) is 3.32. The van der Waals surface area contributed by atoms with Gasteiger partial charge in [-0.1, -0.05) is 6.07 Å². The number of imidazole rings is 1. The molecule has 1 amide bonds. The van der Waals surface area contributed by atoms with Gasteiger partial charge in [-0.25, -0.2) is 4.98 Å². The lowest BCUT2D eigenvalue weighted by Gasteiger charge is -2.26. The van der Waals surface area contributed by atoms with Crippen LogP contribution in [0.3, 0.4) is 0 Å². The van der Waals surface area contributed by atoms with E-state index in [1.807, 2.05) is 33.7 Å². The second-order valence-electron chi connectivity index (χ2n) is 4.74. The molecule has 6 heteroatoms. The minimum absolute atomic E-state index is 0.179. The second-order valence-corrected chi connectivity index (χ2v) is 4.74. The Bertz CT molecular complexity index is 590. The molecule has 0 atom stereocenters. The molecule has 1 aliphatic heterocycles. The maximum atomic E-state index is 12.0. The van der Waals surface area contributed by atoms with Crippen LogP contribution in [-0.2, 0) is 9.53 Å². The van der Waals surface area contributed by atoms with Crippen molar-refractivity contribution in [1.82, 2.24) is 14.3 Å². The van der Waals surface area contributed by atoms with Gasteiger partial charge in [-0.3, -0.25) is 9.20 Å². The summed E-state index contributed by atoms with van der Waals surface area (Å²) in [5.74, 6) is 1.13. The SMILES string of the molecule is O=C(CCNc1cccc2nccn12)N1CCOCC1. The summed E-state index contributed by atoms with van der Waals surface area (Å²) in [4.78, 5) is 18.1. The van der Waals surface area contributed by atoms with E-state index in [0.29, 0.717) is 39.3 Å². The molecule has 106 valence electrons. The number of pyridine rings is 1. The van der Waals surface area contributed by atoms with Gasteiger partial charge in [0.1, 0.15) is 11.5 Å². The molecule has 1 aliphatic rings. The summed E-state index contributed by atoms with van der Waals surface area (Å²) in [5, 5.41) is 3.29. The highest BCUT2D eigenvalue weighted by molar-refractivity contribution is 5.76. The maximum absolute atomic E-state index is 12.0. The first kappa shape index (κ1) is 12.9. The van der Waals surface area contributed by atoms with Crippen molar-refractivity contribution >= 4 is 17.4 Å². The zero-order chi connectivity index (χ0) is 13.8. The van der Waals surface area contributed by atoms with Crippen LogP contribution in [0.15, 0.2) is 30.6 Å². The number of hydrogen-bond donors (Lipinski definition) is 1. The van der Waals surface area contributed by atoms with Crippen LogP contribution in [0, 0.1) is 0 Å². The lowest BCUT2D eigenvalue weighted by molar-refractivity contribution is -0.134. The van der Waals surface area contributed by atoms with Gasteiger partial charge >= 0.3 is 0 Å². The van der Waals surface area contributed by atoms with E-state index in [-0.39, 0.29) is 5.91 Å². The highest BCUT2D eigenvalue weighted by Gasteiger charge is 2.16. The van der Waals surface area contributed by atoms with Crippen molar-refractivity contribution in [1.29, 1.82) is 0 Å². The van der Waals surface area contributed by atoms with Gasteiger partial charge < -0.3 is 15.0 Å². The maximum Gasteiger partial charge on any atom is 0.224 e. The first-order valence-electron chi connectivity index (χ1n) is 6.86. The summed E-state index contributed by atoms with van der Waals surface area (Å²) in [6, 6.07) is 5.88. The number of ether oxygens (including phenoxy) is 1. The molecule has 2 aromatic heterocycles. The Morgan fingerprint density at radius 1 is 1.35 bits per heavy atom. The molecule has 0 radical (unpaired) electrons. The first-order chi connectivity index (χ1) is 9.84. The molecule has 2 aromatic rings. The fourth-order valence-electron chi connectivity index (χ4n) is 2.36. The Labute approximate surface area is 117 Å². The van der Waals surface area contributed by atoms with Gasteiger partial charge in [-0.2, -0.15) is 0 Å². The van der Waals surface area contributed by atoms with Crippen LogP contribution in [0.5, 0.6) is 0 Å². The monoisotopic (exact) mass is 274 g/mol. The standard InChI is InChI=1S/C14H18N4O2/c19-14(17-8-10-20-11-9-17)4-5-15-12-2-1-3-13-16-6-7-18(12)13/h1-3,6-7,15H,4-5,8-11H2. The third-order valence-electron chi connectivity index (χ3n) is 3.44. The smallest absolute Gasteiger partial charge is 0.224 e. The molecule has 1 fully saturated rings. The van der Waals surface area contributed by atoms with E-state index in [2.05, 4.69) is 10.3 Å². The molecular weight excluding hydrogens is 256 g/mol. The van der Waals surface area contributed by atoms with E-state index in [4.69, 9.17) is 4.74 Å². The Hall–Kier alpha value is -2.08. The van der Waals surface area contributed by atoms with Gasteiger partial charge in [0.15, 0.2) is 0 Å². The molecule has 0 unspecified atom stereocenters. The number of anilines is 1. The lowest BCUT2D eigenvalue weighted by Crippen LogP contribution is -2.41. The molecule has 3 heterocycles. The molecule has 1 saturated heterocycles. The average molecular weight is 274 g/mol. The number of carbonyl (C=O) groups is 1. The lowest BCUT2D eigenvalue weighted by atomic mass is 10.3. The van der Waals surface area contributed by atoms with Crippen molar-refractivity contribution in [3.63, 3.8) is 0 Å². The third kappa shape index (κ3) is 2.75. The van der Waals surface area contributed by atoms with Crippen LogP contribution in [-0.4, -0.2) is 53.0 Å². The fourth-order valence-corrected chi connectivity index (χ4v) is 2.36. The van der Waals surface area contributed by atoms with Crippen molar-refractivity contribution in [2.75, 3.05) is 38.2 Å². The Kier molecular flexibility index (Phi) is 3.83. The van der Waals surface area contributed by atoms with E-state index in [1.165, 1.54) is 0 Å². The zero-order valence-corrected chi connectivity index (χ0v) is 11.3. The summed E-state index contributed by atoms with van der Waals surface area (Å²) in [7, 11) is 0. The van der Waals surface area contributed by atoms with E-state index in [9.17, 15) is 4.79 Å². The second kappa shape index (κ2) is 5.92. The van der Waals surface area contributed by atoms with Gasteiger partial charge in [0, 0.05) is 38.4 Å². The van der Waals surface area contributed by atoms with Crippen LogP contribution in [0.2, 0.25) is 0 Å². The molecule has 1 N–H and O–H groups in total. The number of aromatic nitrogens is 2. The molecule has 0 aliphatic carbocycles. The summed E-state index contributed by atoms with van der Waals surface area (Å²) in [5.41, 5.74) is 0.898. The number of hydrogen-bond acceptors (Lipinski definition) is 4. The predicted octanol–water partition coefficient (Wildman–Crippen LogP) is 0.995. The number of fused-ring (bicyclic) bond motifs is 1. The van der Waals surface area contributed by atoms with E-state index in [0.717, 1.165) is 11.5 Å². The molecule has 0 aromatic carbocycles. The minimum atomic E-state index is 0.179. The van der Waals surface area contributed by atoms with Crippen LogP contribution >= 0.6 is 0 Å². The van der Waals surface area contributed by atoms with Crippen LogP contribution in [0.25, 0.3) is 5.65 Å². The van der Waals surface area contributed by atoms with Gasteiger partial charge in [-0.05, 0) is 12.1 Å². The Balaban J connectivity index is 1.54. The normalized spacial score (nSPS) is 15.5. The first-order valence-corrected chi connectivity index (χ1v) is 6.86. The number of rotatable bonds is 4. The molecule has 0 bridgehead atoms. The number of morpholine rings is 1. The Morgan fingerprint density at radius 3 is 3.05 bits per heavy atom. The van der Waals surface area contributed by atoms with Crippen LogP contribution < -0.4 is 5.32 Å². The van der Waals surface area contributed by atoms with Crippen LogP contribution in [0.4, 0.5) is 5.82 Å². The van der Waals surface area contributed by atoms with Crippen molar-refractivity contribution < 1.29 is 9.53 Å². The number of carbonyl (C=O) groups excluding carboxylic acids is 1.